The molecule has 0 spiro atoms. The summed E-state index contributed by atoms with van der Waals surface area (Å²) in [6.07, 6.45) is 1.02. The molecule has 4 heteroatoms. The Bertz CT molecular complexity index is 493. The number of aryl methyl sites for hydroxylation is 1. The van der Waals surface area contributed by atoms with Crippen LogP contribution in [0.4, 0.5) is 0 Å². The number of benzene rings is 1. The van der Waals surface area contributed by atoms with Crippen molar-refractivity contribution in [2.45, 2.75) is 38.1 Å². The molecule has 0 saturated carbocycles. The normalized spacial score (nSPS) is 25.6. The number of hydrogen-bond donors (Lipinski definition) is 0. The fourth-order valence-electron chi connectivity index (χ4n) is 2.00. The standard InChI is InChI=1S/C13H19NO2S/c1-4-11(3)13-9-14(13)17(15,16)12-7-5-10(2)6-8-12/h5-8,11,13H,4,9H2,1-3H3/t11-,13+,14?/m0/s1. The highest BCUT2D eigenvalue weighted by Crippen LogP contribution is 2.34. The van der Waals surface area contributed by atoms with Crippen molar-refractivity contribution >= 4 is 10.0 Å². The maximum absolute atomic E-state index is 12.3. The second-order valence-corrected chi connectivity index (χ2v) is 6.73. The zero-order chi connectivity index (χ0) is 12.6. The van der Waals surface area contributed by atoms with Crippen LogP contribution in [-0.2, 0) is 10.0 Å². The lowest BCUT2D eigenvalue weighted by atomic mass is 10.1. The summed E-state index contributed by atoms with van der Waals surface area (Å²) in [6, 6.07) is 7.27. The van der Waals surface area contributed by atoms with E-state index < -0.39 is 10.0 Å². The second kappa shape index (κ2) is 4.42. The van der Waals surface area contributed by atoms with Gasteiger partial charge >= 0.3 is 0 Å². The largest absolute Gasteiger partial charge is 0.243 e. The van der Waals surface area contributed by atoms with Crippen molar-refractivity contribution in [2.75, 3.05) is 6.54 Å². The molecular formula is C13H19NO2S. The van der Waals surface area contributed by atoms with Gasteiger partial charge in [-0.05, 0) is 25.0 Å². The molecule has 3 atom stereocenters. The van der Waals surface area contributed by atoms with E-state index >= 15 is 0 Å². The summed E-state index contributed by atoms with van der Waals surface area (Å²) in [5.41, 5.74) is 1.08. The first-order valence-electron chi connectivity index (χ1n) is 6.05. The van der Waals surface area contributed by atoms with Crippen molar-refractivity contribution in [1.29, 1.82) is 0 Å². The summed E-state index contributed by atoms with van der Waals surface area (Å²) in [5, 5.41) is 0. The Morgan fingerprint density at radius 2 is 1.94 bits per heavy atom. The van der Waals surface area contributed by atoms with Crippen LogP contribution in [0.1, 0.15) is 25.8 Å². The molecule has 3 nitrogen and oxygen atoms in total. The average molecular weight is 253 g/mol. The Morgan fingerprint density at radius 3 is 2.47 bits per heavy atom. The molecule has 1 aliphatic rings. The molecule has 1 heterocycles. The van der Waals surface area contributed by atoms with E-state index in [0.717, 1.165) is 12.0 Å². The highest BCUT2D eigenvalue weighted by atomic mass is 32.2. The van der Waals surface area contributed by atoms with Gasteiger partial charge in [0.1, 0.15) is 0 Å². The van der Waals surface area contributed by atoms with Gasteiger partial charge in [-0.25, -0.2) is 8.42 Å². The van der Waals surface area contributed by atoms with E-state index in [9.17, 15) is 8.42 Å². The molecule has 2 rings (SSSR count). The lowest BCUT2D eigenvalue weighted by molar-refractivity contribution is 0.485. The fraction of sp³-hybridized carbons (Fsp3) is 0.538. The number of sulfonamides is 1. The topological polar surface area (TPSA) is 37.1 Å². The monoisotopic (exact) mass is 253 g/mol. The van der Waals surface area contributed by atoms with Crippen molar-refractivity contribution in [3.8, 4) is 0 Å². The van der Waals surface area contributed by atoms with Crippen LogP contribution in [0.5, 0.6) is 0 Å². The van der Waals surface area contributed by atoms with Crippen molar-refractivity contribution in [1.82, 2.24) is 4.31 Å². The van der Waals surface area contributed by atoms with E-state index in [1.165, 1.54) is 0 Å². The molecule has 1 saturated heterocycles. The average Bonchev–Trinajstić information content (AvgIpc) is 3.09. The summed E-state index contributed by atoms with van der Waals surface area (Å²) in [6.45, 7) is 6.83. The molecule has 0 N–H and O–H groups in total. The summed E-state index contributed by atoms with van der Waals surface area (Å²) in [4.78, 5) is 0.411. The molecule has 0 amide bonds. The van der Waals surface area contributed by atoms with Gasteiger partial charge in [0.15, 0.2) is 0 Å². The minimum Gasteiger partial charge on any atom is -0.207 e. The number of rotatable bonds is 4. The van der Waals surface area contributed by atoms with Gasteiger partial charge in [0.05, 0.1) is 4.90 Å². The van der Waals surface area contributed by atoms with Gasteiger partial charge in [-0.15, -0.1) is 0 Å². The van der Waals surface area contributed by atoms with Crippen LogP contribution in [0.25, 0.3) is 0 Å². The Morgan fingerprint density at radius 1 is 1.35 bits per heavy atom. The Hall–Kier alpha value is -0.870. The van der Waals surface area contributed by atoms with Gasteiger partial charge in [-0.3, -0.25) is 0 Å². The zero-order valence-electron chi connectivity index (χ0n) is 10.6. The summed E-state index contributed by atoms with van der Waals surface area (Å²) in [5.74, 6) is 0.440. The molecule has 0 bridgehead atoms. The van der Waals surface area contributed by atoms with Crippen LogP contribution in [0.15, 0.2) is 29.2 Å². The first-order valence-corrected chi connectivity index (χ1v) is 7.49. The van der Waals surface area contributed by atoms with E-state index in [0.29, 0.717) is 17.4 Å². The van der Waals surface area contributed by atoms with Crippen LogP contribution in [0, 0.1) is 12.8 Å². The first kappa shape index (κ1) is 12.6. The maximum Gasteiger partial charge on any atom is 0.243 e. The molecular weight excluding hydrogens is 234 g/mol. The fourth-order valence-corrected chi connectivity index (χ4v) is 3.66. The first-order chi connectivity index (χ1) is 7.96. The predicted octanol–water partition coefficient (Wildman–Crippen LogP) is 2.41. The molecule has 0 radical (unpaired) electrons. The van der Waals surface area contributed by atoms with Crippen LogP contribution < -0.4 is 0 Å². The molecule has 1 aromatic carbocycles. The third kappa shape index (κ3) is 2.38. The molecule has 1 fully saturated rings. The molecule has 1 aliphatic heterocycles. The summed E-state index contributed by atoms with van der Waals surface area (Å²) < 4.78 is 26.1. The number of nitrogens with zero attached hydrogens (tertiary/aromatic N) is 1. The molecule has 0 aromatic heterocycles. The maximum atomic E-state index is 12.3. The van der Waals surface area contributed by atoms with E-state index in [-0.39, 0.29) is 6.04 Å². The third-order valence-corrected chi connectivity index (χ3v) is 5.44. The van der Waals surface area contributed by atoms with Crippen molar-refractivity contribution in [2.24, 2.45) is 5.92 Å². The van der Waals surface area contributed by atoms with Gasteiger partial charge < -0.3 is 0 Å². The molecule has 1 aromatic rings. The quantitative estimate of drug-likeness (QED) is 0.773. The van der Waals surface area contributed by atoms with Gasteiger partial charge in [-0.1, -0.05) is 38.0 Å². The lowest BCUT2D eigenvalue weighted by Gasteiger charge is -2.10. The Kier molecular flexibility index (Phi) is 3.27. The van der Waals surface area contributed by atoms with Crippen LogP contribution in [-0.4, -0.2) is 25.3 Å². The Balaban J connectivity index is 2.19. The van der Waals surface area contributed by atoms with Crippen molar-refractivity contribution < 1.29 is 8.42 Å². The van der Waals surface area contributed by atoms with E-state index in [4.69, 9.17) is 0 Å². The van der Waals surface area contributed by atoms with Crippen LogP contribution >= 0.6 is 0 Å². The molecule has 0 aliphatic carbocycles. The minimum atomic E-state index is -3.25. The second-order valence-electron chi connectivity index (χ2n) is 4.84. The van der Waals surface area contributed by atoms with Gasteiger partial charge in [-0.2, -0.15) is 4.31 Å². The zero-order valence-corrected chi connectivity index (χ0v) is 11.4. The van der Waals surface area contributed by atoms with E-state index in [2.05, 4.69) is 13.8 Å². The summed E-state index contributed by atoms with van der Waals surface area (Å²) >= 11 is 0. The highest BCUT2D eigenvalue weighted by Gasteiger charge is 2.46. The SMILES string of the molecule is CC[C@H](C)[C@H]1CN1S(=O)(=O)c1ccc(C)cc1. The number of hydrogen-bond acceptors (Lipinski definition) is 2. The van der Waals surface area contributed by atoms with E-state index in [1.807, 2.05) is 19.1 Å². The minimum absolute atomic E-state index is 0.200. The van der Waals surface area contributed by atoms with Crippen LogP contribution in [0.3, 0.4) is 0 Å². The van der Waals surface area contributed by atoms with E-state index in [1.54, 1.807) is 16.4 Å². The molecule has 17 heavy (non-hydrogen) atoms. The molecule has 94 valence electrons. The smallest absolute Gasteiger partial charge is 0.207 e. The summed E-state index contributed by atoms with van der Waals surface area (Å²) in [7, 11) is -3.25. The van der Waals surface area contributed by atoms with Crippen molar-refractivity contribution in [3.05, 3.63) is 29.8 Å². The lowest BCUT2D eigenvalue weighted by Crippen LogP contribution is -2.17. The van der Waals surface area contributed by atoms with Gasteiger partial charge in [0.25, 0.3) is 0 Å². The van der Waals surface area contributed by atoms with Gasteiger partial charge in [0, 0.05) is 12.6 Å². The predicted molar refractivity (Wildman–Crippen MR) is 68.3 cm³/mol. The highest BCUT2D eigenvalue weighted by molar-refractivity contribution is 7.89. The third-order valence-electron chi connectivity index (χ3n) is 3.53. The molecule has 1 unspecified atom stereocenters. The van der Waals surface area contributed by atoms with Gasteiger partial charge in [0.2, 0.25) is 10.0 Å². The van der Waals surface area contributed by atoms with Crippen molar-refractivity contribution in [3.63, 3.8) is 0 Å². The van der Waals surface area contributed by atoms with Crippen LogP contribution in [0.2, 0.25) is 0 Å². The Labute approximate surface area is 104 Å².